The van der Waals surface area contributed by atoms with Gasteiger partial charge in [0.15, 0.2) is 0 Å². The molecule has 0 radical (unpaired) electrons. The lowest BCUT2D eigenvalue weighted by Gasteiger charge is -2.22. The molecule has 0 saturated carbocycles. The highest BCUT2D eigenvalue weighted by Gasteiger charge is 2.24. The summed E-state index contributed by atoms with van der Waals surface area (Å²) < 4.78 is 3.58. The SMILES string of the molecule is Cn1cccc1-c1cc(C(=O)N(CCC#N)Cc2cccnc2)n(-c2ccc(Cl)cc2)n1. The maximum atomic E-state index is 13.7. The largest absolute Gasteiger partial charge is 0.349 e. The monoisotopic (exact) mass is 444 g/mol. The van der Waals surface area contributed by atoms with Crippen molar-refractivity contribution in [3.05, 3.63) is 89.5 Å². The first-order valence-corrected chi connectivity index (χ1v) is 10.5. The summed E-state index contributed by atoms with van der Waals surface area (Å²) in [5, 5.41) is 14.5. The molecular weight excluding hydrogens is 424 g/mol. The molecule has 0 bridgehead atoms. The normalized spacial score (nSPS) is 10.7. The number of hydrogen-bond acceptors (Lipinski definition) is 4. The first-order valence-electron chi connectivity index (χ1n) is 10.1. The second-order valence-corrected chi connectivity index (χ2v) is 7.74. The third kappa shape index (κ3) is 4.56. The Hall–Kier alpha value is -3.89. The molecule has 0 spiro atoms. The van der Waals surface area contributed by atoms with Crippen LogP contribution in [0.25, 0.3) is 17.1 Å². The lowest BCUT2D eigenvalue weighted by Crippen LogP contribution is -2.33. The number of carbonyl (C=O) groups is 1. The van der Waals surface area contributed by atoms with Gasteiger partial charge >= 0.3 is 0 Å². The minimum absolute atomic E-state index is 0.216. The smallest absolute Gasteiger partial charge is 0.272 e. The van der Waals surface area contributed by atoms with Crippen molar-refractivity contribution in [2.75, 3.05) is 6.54 Å². The molecule has 160 valence electrons. The topological polar surface area (TPSA) is 79.7 Å². The van der Waals surface area contributed by atoms with E-state index in [-0.39, 0.29) is 12.3 Å². The maximum Gasteiger partial charge on any atom is 0.272 e. The van der Waals surface area contributed by atoms with Gasteiger partial charge in [0.1, 0.15) is 11.4 Å². The van der Waals surface area contributed by atoms with E-state index in [0.717, 1.165) is 16.9 Å². The molecule has 7 nitrogen and oxygen atoms in total. The van der Waals surface area contributed by atoms with Gasteiger partial charge in [-0.15, -0.1) is 0 Å². The van der Waals surface area contributed by atoms with E-state index in [2.05, 4.69) is 11.1 Å². The van der Waals surface area contributed by atoms with Gasteiger partial charge in [0.25, 0.3) is 5.91 Å². The second kappa shape index (κ2) is 9.50. The number of benzene rings is 1. The molecule has 32 heavy (non-hydrogen) atoms. The van der Waals surface area contributed by atoms with Crippen molar-refractivity contribution in [3.63, 3.8) is 0 Å². The van der Waals surface area contributed by atoms with E-state index in [1.165, 1.54) is 0 Å². The van der Waals surface area contributed by atoms with E-state index in [4.69, 9.17) is 22.0 Å². The molecule has 3 aromatic heterocycles. The minimum Gasteiger partial charge on any atom is -0.349 e. The predicted octanol–water partition coefficient (Wildman–Crippen LogP) is 4.48. The van der Waals surface area contributed by atoms with Crippen molar-refractivity contribution >= 4 is 17.5 Å². The van der Waals surface area contributed by atoms with Gasteiger partial charge in [-0.1, -0.05) is 17.7 Å². The molecule has 4 aromatic rings. The number of aryl methyl sites for hydroxylation is 1. The zero-order chi connectivity index (χ0) is 22.5. The highest BCUT2D eigenvalue weighted by Crippen LogP contribution is 2.24. The summed E-state index contributed by atoms with van der Waals surface area (Å²) in [6, 6.07) is 18.7. The van der Waals surface area contributed by atoms with Crippen molar-refractivity contribution in [2.24, 2.45) is 7.05 Å². The van der Waals surface area contributed by atoms with E-state index < -0.39 is 0 Å². The maximum absolute atomic E-state index is 13.7. The molecular formula is C24H21ClN6O. The minimum atomic E-state index is -0.216. The molecule has 0 saturated heterocycles. The zero-order valence-corrected chi connectivity index (χ0v) is 18.3. The molecule has 0 aliphatic heterocycles. The Morgan fingerprint density at radius 3 is 2.66 bits per heavy atom. The Labute approximate surface area is 191 Å². The summed E-state index contributed by atoms with van der Waals surface area (Å²) in [4.78, 5) is 19.5. The fourth-order valence-corrected chi connectivity index (χ4v) is 3.60. The van der Waals surface area contributed by atoms with Crippen LogP contribution in [0.15, 0.2) is 73.2 Å². The third-order valence-electron chi connectivity index (χ3n) is 5.08. The van der Waals surface area contributed by atoms with Crippen LogP contribution in [-0.4, -0.2) is 36.7 Å². The van der Waals surface area contributed by atoms with E-state index in [0.29, 0.717) is 29.5 Å². The molecule has 0 unspecified atom stereocenters. The Bertz CT molecular complexity index is 1250. The van der Waals surface area contributed by atoms with E-state index in [9.17, 15) is 4.79 Å². The molecule has 0 aliphatic carbocycles. The number of nitrogens with zero attached hydrogens (tertiary/aromatic N) is 6. The van der Waals surface area contributed by atoms with Crippen LogP contribution >= 0.6 is 11.6 Å². The van der Waals surface area contributed by atoms with E-state index in [1.54, 1.807) is 40.2 Å². The lowest BCUT2D eigenvalue weighted by molar-refractivity contribution is 0.0737. The lowest BCUT2D eigenvalue weighted by atomic mass is 10.2. The molecule has 0 aliphatic rings. The van der Waals surface area contributed by atoms with Gasteiger partial charge in [0.2, 0.25) is 0 Å². The van der Waals surface area contributed by atoms with Crippen LogP contribution < -0.4 is 0 Å². The van der Waals surface area contributed by atoms with Crippen LogP contribution in [0.2, 0.25) is 5.02 Å². The fraction of sp³-hybridized carbons (Fsp3) is 0.167. The third-order valence-corrected chi connectivity index (χ3v) is 5.33. The van der Waals surface area contributed by atoms with Crippen LogP contribution in [-0.2, 0) is 13.6 Å². The molecule has 0 fully saturated rings. The molecule has 4 rings (SSSR count). The summed E-state index contributed by atoms with van der Waals surface area (Å²) in [7, 11) is 1.93. The zero-order valence-electron chi connectivity index (χ0n) is 17.5. The van der Waals surface area contributed by atoms with E-state index in [1.807, 2.05) is 54.2 Å². The van der Waals surface area contributed by atoms with Gasteiger partial charge in [0, 0.05) is 43.8 Å². The van der Waals surface area contributed by atoms with Gasteiger partial charge in [-0.3, -0.25) is 9.78 Å². The number of rotatable bonds is 7. The Balaban J connectivity index is 1.77. The van der Waals surface area contributed by atoms with Crippen molar-refractivity contribution in [1.29, 1.82) is 5.26 Å². The van der Waals surface area contributed by atoms with Crippen LogP contribution in [0.1, 0.15) is 22.5 Å². The number of nitriles is 1. The number of hydrogen-bond donors (Lipinski definition) is 0. The Morgan fingerprint density at radius 2 is 2.00 bits per heavy atom. The van der Waals surface area contributed by atoms with Crippen molar-refractivity contribution in [2.45, 2.75) is 13.0 Å². The Kier molecular flexibility index (Phi) is 6.34. The van der Waals surface area contributed by atoms with Gasteiger partial charge in [-0.2, -0.15) is 10.4 Å². The summed E-state index contributed by atoms with van der Waals surface area (Å²) in [6.07, 6.45) is 5.57. The number of halogens is 1. The fourth-order valence-electron chi connectivity index (χ4n) is 3.48. The van der Waals surface area contributed by atoms with Crippen molar-refractivity contribution in [3.8, 4) is 23.1 Å². The summed E-state index contributed by atoms with van der Waals surface area (Å²) in [5.41, 5.74) is 3.59. The molecule has 0 atom stereocenters. The van der Waals surface area contributed by atoms with Gasteiger partial charge < -0.3 is 9.47 Å². The van der Waals surface area contributed by atoms with Crippen molar-refractivity contribution < 1.29 is 4.79 Å². The number of carbonyl (C=O) groups excluding carboxylic acids is 1. The summed E-state index contributed by atoms with van der Waals surface area (Å²) in [6.45, 7) is 0.648. The summed E-state index contributed by atoms with van der Waals surface area (Å²) in [5.74, 6) is -0.216. The standard InChI is InChI=1S/C24H21ClN6O/c1-29-13-3-6-22(29)21-15-23(31(28-21)20-9-7-19(25)8-10-20)24(32)30(14-4-11-26)17-18-5-2-12-27-16-18/h2-3,5-10,12-13,15-16H,4,14,17H2,1H3. The van der Waals surface area contributed by atoms with Crippen LogP contribution in [0.4, 0.5) is 0 Å². The average Bonchev–Trinajstić information content (AvgIpc) is 3.43. The molecule has 0 N–H and O–H groups in total. The summed E-state index contributed by atoms with van der Waals surface area (Å²) >= 11 is 6.06. The first-order chi connectivity index (χ1) is 15.6. The number of aromatic nitrogens is 4. The van der Waals surface area contributed by atoms with Gasteiger partial charge in [0.05, 0.1) is 23.9 Å². The van der Waals surface area contributed by atoms with Crippen LogP contribution in [0, 0.1) is 11.3 Å². The quantitative estimate of drug-likeness (QED) is 0.421. The highest BCUT2D eigenvalue weighted by molar-refractivity contribution is 6.30. The van der Waals surface area contributed by atoms with Crippen LogP contribution in [0.5, 0.6) is 0 Å². The molecule has 1 aromatic carbocycles. The molecule has 8 heteroatoms. The second-order valence-electron chi connectivity index (χ2n) is 7.30. The molecule has 1 amide bonds. The molecule has 3 heterocycles. The average molecular weight is 445 g/mol. The first kappa shape index (κ1) is 21.3. The van der Waals surface area contributed by atoms with Crippen LogP contribution in [0.3, 0.4) is 0 Å². The predicted molar refractivity (Wildman–Crippen MR) is 122 cm³/mol. The van der Waals surface area contributed by atoms with Gasteiger partial charge in [-0.05, 0) is 54.1 Å². The Morgan fingerprint density at radius 1 is 1.19 bits per heavy atom. The van der Waals surface area contributed by atoms with Gasteiger partial charge in [-0.25, -0.2) is 4.68 Å². The van der Waals surface area contributed by atoms with E-state index >= 15 is 0 Å². The number of pyridine rings is 1. The number of amides is 1. The highest BCUT2D eigenvalue weighted by atomic mass is 35.5. The van der Waals surface area contributed by atoms with Crippen molar-refractivity contribution in [1.82, 2.24) is 24.2 Å².